The molecule has 0 aliphatic rings. The number of benzene rings is 1. The van der Waals surface area contributed by atoms with Gasteiger partial charge in [0.05, 0.1) is 0 Å². The summed E-state index contributed by atoms with van der Waals surface area (Å²) in [6.07, 6.45) is 0. The van der Waals surface area contributed by atoms with E-state index in [0.717, 1.165) is 6.07 Å². The van der Waals surface area contributed by atoms with Crippen molar-refractivity contribution in [2.45, 2.75) is 0 Å². The van der Waals surface area contributed by atoms with Crippen LogP contribution in [0, 0.1) is 17.5 Å². The zero-order chi connectivity index (χ0) is 9.84. The normalized spacial score (nSPS) is 10.2. The van der Waals surface area contributed by atoms with Crippen LogP contribution in [0.1, 0.15) is 0 Å². The third kappa shape index (κ3) is 2.12. The van der Waals surface area contributed by atoms with Gasteiger partial charge in [0.2, 0.25) is 5.82 Å². The van der Waals surface area contributed by atoms with E-state index in [0.29, 0.717) is 6.07 Å². The van der Waals surface area contributed by atoms with E-state index < -0.39 is 23.2 Å². The second-order valence-corrected chi connectivity index (χ2v) is 2.22. The van der Waals surface area contributed by atoms with Crippen LogP contribution in [-0.2, 0) is 4.74 Å². The van der Waals surface area contributed by atoms with E-state index in [-0.39, 0.29) is 6.79 Å². The zero-order valence-electron chi connectivity index (χ0n) is 6.81. The highest BCUT2D eigenvalue weighted by atomic mass is 19.2. The lowest BCUT2D eigenvalue weighted by Gasteiger charge is -2.06. The molecule has 0 saturated heterocycles. The van der Waals surface area contributed by atoms with E-state index in [1.54, 1.807) is 0 Å². The molecule has 13 heavy (non-hydrogen) atoms. The molecule has 1 aromatic rings. The lowest BCUT2D eigenvalue weighted by Crippen LogP contribution is -2.04. The Labute approximate surface area is 72.9 Å². The fourth-order valence-corrected chi connectivity index (χ4v) is 0.759. The van der Waals surface area contributed by atoms with Gasteiger partial charge in [-0.15, -0.1) is 0 Å². The monoisotopic (exact) mass is 192 g/mol. The Kier molecular flexibility index (Phi) is 3.13. The highest BCUT2D eigenvalue weighted by molar-refractivity contribution is 5.27. The number of hydrogen-bond donors (Lipinski definition) is 0. The number of rotatable bonds is 3. The van der Waals surface area contributed by atoms with Crippen molar-refractivity contribution in [3.05, 3.63) is 29.6 Å². The van der Waals surface area contributed by atoms with Gasteiger partial charge in [-0.3, -0.25) is 0 Å². The van der Waals surface area contributed by atoms with Crippen LogP contribution in [0.4, 0.5) is 13.2 Å². The first kappa shape index (κ1) is 9.85. The molecule has 72 valence electrons. The van der Waals surface area contributed by atoms with Gasteiger partial charge in [-0.1, -0.05) is 0 Å². The summed E-state index contributed by atoms with van der Waals surface area (Å²) < 4.78 is 47.0. The number of methoxy groups -OCH3 is 1. The predicted molar refractivity (Wildman–Crippen MR) is 38.8 cm³/mol. The maximum absolute atomic E-state index is 12.8. The Balaban J connectivity index is 2.96. The first-order valence-electron chi connectivity index (χ1n) is 3.42. The highest BCUT2D eigenvalue weighted by Gasteiger charge is 2.14. The quantitative estimate of drug-likeness (QED) is 0.539. The Morgan fingerprint density at radius 1 is 1.15 bits per heavy atom. The second-order valence-electron chi connectivity index (χ2n) is 2.22. The molecular weight excluding hydrogens is 185 g/mol. The van der Waals surface area contributed by atoms with E-state index >= 15 is 0 Å². The van der Waals surface area contributed by atoms with Crippen LogP contribution in [0.3, 0.4) is 0 Å². The maximum atomic E-state index is 12.8. The molecule has 0 aliphatic heterocycles. The molecule has 0 atom stereocenters. The van der Waals surface area contributed by atoms with Crippen LogP contribution < -0.4 is 4.74 Å². The van der Waals surface area contributed by atoms with E-state index in [1.165, 1.54) is 7.11 Å². The molecule has 0 aromatic heterocycles. The Hall–Kier alpha value is -1.23. The summed E-state index contributed by atoms with van der Waals surface area (Å²) in [7, 11) is 1.29. The number of halogens is 3. The summed E-state index contributed by atoms with van der Waals surface area (Å²) in [5.41, 5.74) is 0. The molecule has 2 nitrogen and oxygen atoms in total. The van der Waals surface area contributed by atoms with Crippen molar-refractivity contribution in [2.75, 3.05) is 13.9 Å². The van der Waals surface area contributed by atoms with Crippen LogP contribution >= 0.6 is 0 Å². The Bertz CT molecular complexity index is 302. The molecule has 0 bridgehead atoms. The van der Waals surface area contributed by atoms with Gasteiger partial charge in [0.25, 0.3) is 0 Å². The zero-order valence-corrected chi connectivity index (χ0v) is 6.81. The average molecular weight is 192 g/mol. The largest absolute Gasteiger partial charge is 0.461 e. The SMILES string of the molecule is COCOc1c(F)ccc(F)c1F. The minimum Gasteiger partial charge on any atom is -0.461 e. The number of hydrogen-bond acceptors (Lipinski definition) is 2. The fraction of sp³-hybridized carbons (Fsp3) is 0.250. The van der Waals surface area contributed by atoms with Crippen molar-refractivity contribution in [1.29, 1.82) is 0 Å². The molecule has 0 unspecified atom stereocenters. The Morgan fingerprint density at radius 3 is 2.38 bits per heavy atom. The van der Waals surface area contributed by atoms with Crippen LogP contribution in [0.25, 0.3) is 0 Å². The molecule has 0 saturated carbocycles. The van der Waals surface area contributed by atoms with Crippen molar-refractivity contribution >= 4 is 0 Å². The summed E-state index contributed by atoms with van der Waals surface area (Å²) in [6.45, 7) is -0.336. The van der Waals surface area contributed by atoms with Gasteiger partial charge in [-0.2, -0.15) is 4.39 Å². The standard InChI is InChI=1S/C8H7F3O2/c1-12-4-13-8-6(10)3-2-5(9)7(8)11/h2-3H,4H2,1H3. The van der Waals surface area contributed by atoms with Gasteiger partial charge in [0.1, 0.15) is 0 Å². The predicted octanol–water partition coefficient (Wildman–Crippen LogP) is 2.09. The minimum atomic E-state index is -1.35. The summed E-state index contributed by atoms with van der Waals surface area (Å²) in [6, 6.07) is 1.47. The molecule has 0 spiro atoms. The minimum absolute atomic E-state index is 0.336. The molecule has 0 fully saturated rings. The summed E-state index contributed by atoms with van der Waals surface area (Å²) >= 11 is 0. The first-order chi connectivity index (χ1) is 6.16. The topological polar surface area (TPSA) is 18.5 Å². The summed E-state index contributed by atoms with van der Waals surface area (Å²) in [5.74, 6) is -4.23. The molecule has 1 aromatic carbocycles. The van der Waals surface area contributed by atoms with Crippen LogP contribution in [0.15, 0.2) is 12.1 Å². The molecule has 0 radical (unpaired) electrons. The van der Waals surface area contributed by atoms with Gasteiger partial charge in [0, 0.05) is 7.11 Å². The molecule has 0 N–H and O–H groups in total. The van der Waals surface area contributed by atoms with Crippen LogP contribution in [-0.4, -0.2) is 13.9 Å². The summed E-state index contributed by atoms with van der Waals surface area (Å²) in [4.78, 5) is 0. The molecule has 0 amide bonds. The molecule has 0 heterocycles. The average Bonchev–Trinajstić information content (AvgIpc) is 2.12. The van der Waals surface area contributed by atoms with Crippen molar-refractivity contribution in [3.8, 4) is 5.75 Å². The van der Waals surface area contributed by atoms with E-state index in [9.17, 15) is 13.2 Å². The van der Waals surface area contributed by atoms with Crippen molar-refractivity contribution < 1.29 is 22.6 Å². The highest BCUT2D eigenvalue weighted by Crippen LogP contribution is 2.23. The van der Waals surface area contributed by atoms with E-state index in [4.69, 9.17) is 0 Å². The van der Waals surface area contributed by atoms with E-state index in [1.807, 2.05) is 0 Å². The third-order valence-electron chi connectivity index (χ3n) is 1.32. The first-order valence-corrected chi connectivity index (χ1v) is 3.42. The van der Waals surface area contributed by atoms with Gasteiger partial charge in [-0.05, 0) is 12.1 Å². The molecule has 5 heteroatoms. The fourth-order valence-electron chi connectivity index (χ4n) is 0.759. The van der Waals surface area contributed by atoms with Crippen molar-refractivity contribution in [1.82, 2.24) is 0 Å². The molecule has 0 aliphatic carbocycles. The molecule has 1 rings (SSSR count). The summed E-state index contributed by atoms with van der Waals surface area (Å²) in [5, 5.41) is 0. The lowest BCUT2D eigenvalue weighted by atomic mass is 10.3. The smallest absolute Gasteiger partial charge is 0.203 e. The van der Waals surface area contributed by atoms with Crippen LogP contribution in [0.5, 0.6) is 5.75 Å². The van der Waals surface area contributed by atoms with Crippen molar-refractivity contribution in [3.63, 3.8) is 0 Å². The van der Waals surface area contributed by atoms with Gasteiger partial charge in [-0.25, -0.2) is 8.78 Å². The lowest BCUT2D eigenvalue weighted by molar-refractivity contribution is 0.0447. The third-order valence-corrected chi connectivity index (χ3v) is 1.32. The maximum Gasteiger partial charge on any atom is 0.203 e. The second kappa shape index (κ2) is 4.13. The molecular formula is C8H7F3O2. The Morgan fingerprint density at radius 2 is 1.77 bits per heavy atom. The van der Waals surface area contributed by atoms with E-state index in [2.05, 4.69) is 9.47 Å². The van der Waals surface area contributed by atoms with Crippen molar-refractivity contribution in [2.24, 2.45) is 0 Å². The van der Waals surface area contributed by atoms with Gasteiger partial charge in [0.15, 0.2) is 24.2 Å². The van der Waals surface area contributed by atoms with Gasteiger partial charge >= 0.3 is 0 Å². The number of ether oxygens (including phenoxy) is 2. The van der Waals surface area contributed by atoms with Gasteiger partial charge < -0.3 is 9.47 Å². The van der Waals surface area contributed by atoms with Crippen LogP contribution in [0.2, 0.25) is 0 Å².